The van der Waals surface area contributed by atoms with E-state index in [1.807, 2.05) is 47.8 Å². The average molecular weight is 354 g/mol. The summed E-state index contributed by atoms with van der Waals surface area (Å²) < 4.78 is 6.38. The fourth-order valence-electron chi connectivity index (χ4n) is 2.07. The molecule has 126 valence electrons. The number of ketones is 1. The highest BCUT2D eigenvalue weighted by molar-refractivity contribution is 7.10. The molecule has 0 spiro atoms. The van der Waals surface area contributed by atoms with E-state index in [-0.39, 0.29) is 18.1 Å². The van der Waals surface area contributed by atoms with Crippen LogP contribution in [-0.2, 0) is 14.3 Å². The molecule has 0 atom stereocenters. The number of carbonyl (C=O) groups excluding carboxylic acids is 2. The number of tetrazole rings is 1. The van der Waals surface area contributed by atoms with Crippen LogP contribution in [0.4, 0.5) is 0 Å². The topological polar surface area (TPSA) is 87.0 Å². The Balaban J connectivity index is 2.03. The minimum atomic E-state index is -0.673. The Kier molecular flexibility index (Phi) is 5.10. The number of benzene rings is 1. The molecule has 0 unspecified atom stereocenters. The third-order valence-corrected chi connectivity index (χ3v) is 3.99. The summed E-state index contributed by atoms with van der Waals surface area (Å²) >= 11 is 1.46. The van der Waals surface area contributed by atoms with Crippen molar-refractivity contribution in [3.8, 4) is 11.4 Å². The summed E-state index contributed by atoms with van der Waals surface area (Å²) in [5.74, 6) is -0.514. The standard InChI is InChI=1S/C17H14N4O3S/c1-12(22)11-24-17(23)15(10-14-8-5-9-25-14)21-16(18-19-20-21)13-6-3-2-4-7-13/h2-10H,11H2,1H3/b15-10-. The first-order chi connectivity index (χ1) is 12.1. The SMILES string of the molecule is CC(=O)COC(=O)/C(=C/c1cccs1)n1nnnc1-c1ccccc1. The summed E-state index contributed by atoms with van der Waals surface area (Å²) in [5, 5.41) is 13.5. The van der Waals surface area contributed by atoms with Crippen LogP contribution in [0.25, 0.3) is 23.2 Å². The largest absolute Gasteiger partial charge is 0.453 e. The van der Waals surface area contributed by atoms with Crippen LogP contribution in [-0.4, -0.2) is 38.6 Å². The summed E-state index contributed by atoms with van der Waals surface area (Å²) in [6.45, 7) is 1.05. The molecule has 0 amide bonds. The summed E-state index contributed by atoms with van der Waals surface area (Å²) in [5.41, 5.74) is 0.886. The maximum atomic E-state index is 12.5. The lowest BCUT2D eigenvalue weighted by molar-refractivity contribution is -0.141. The molecule has 0 N–H and O–H groups in total. The van der Waals surface area contributed by atoms with Crippen LogP contribution in [0.15, 0.2) is 47.8 Å². The van der Waals surface area contributed by atoms with Crippen molar-refractivity contribution >= 4 is 34.9 Å². The lowest BCUT2D eigenvalue weighted by Crippen LogP contribution is -2.17. The van der Waals surface area contributed by atoms with Crippen LogP contribution in [0.1, 0.15) is 11.8 Å². The second-order valence-electron chi connectivity index (χ2n) is 5.10. The zero-order valence-corrected chi connectivity index (χ0v) is 14.1. The molecule has 0 radical (unpaired) electrons. The molecule has 7 nitrogen and oxygen atoms in total. The molecule has 3 rings (SSSR count). The summed E-state index contributed by atoms with van der Waals surface area (Å²) in [4.78, 5) is 24.5. The number of hydrogen-bond donors (Lipinski definition) is 0. The van der Waals surface area contributed by atoms with E-state index in [1.165, 1.54) is 22.9 Å². The van der Waals surface area contributed by atoms with Gasteiger partial charge in [-0.15, -0.1) is 16.4 Å². The van der Waals surface area contributed by atoms with Gasteiger partial charge in [-0.1, -0.05) is 36.4 Å². The molecule has 0 saturated heterocycles. The van der Waals surface area contributed by atoms with Gasteiger partial charge < -0.3 is 4.74 Å². The minimum absolute atomic E-state index is 0.132. The first-order valence-corrected chi connectivity index (χ1v) is 8.29. The van der Waals surface area contributed by atoms with Crippen LogP contribution in [0.2, 0.25) is 0 Å². The fourth-order valence-corrected chi connectivity index (χ4v) is 2.72. The molecule has 2 heterocycles. The highest BCUT2D eigenvalue weighted by atomic mass is 32.1. The van der Waals surface area contributed by atoms with Crippen molar-refractivity contribution in [1.82, 2.24) is 20.2 Å². The van der Waals surface area contributed by atoms with E-state index in [2.05, 4.69) is 15.5 Å². The minimum Gasteiger partial charge on any atom is -0.453 e. The molecule has 2 aromatic heterocycles. The Morgan fingerprint density at radius 1 is 1.20 bits per heavy atom. The van der Waals surface area contributed by atoms with E-state index in [1.54, 1.807) is 6.08 Å². The summed E-state index contributed by atoms with van der Waals surface area (Å²) in [6, 6.07) is 13.0. The molecule has 25 heavy (non-hydrogen) atoms. The van der Waals surface area contributed by atoms with E-state index in [0.29, 0.717) is 5.82 Å². The molecule has 1 aromatic carbocycles. The van der Waals surface area contributed by atoms with Crippen molar-refractivity contribution in [2.24, 2.45) is 0 Å². The number of Topliss-reactive ketones (excluding diaryl/α,β-unsaturated/α-hetero) is 1. The van der Waals surface area contributed by atoms with E-state index in [0.717, 1.165) is 10.4 Å². The zero-order chi connectivity index (χ0) is 17.6. The summed E-state index contributed by atoms with van der Waals surface area (Å²) in [7, 11) is 0. The number of hydrogen-bond acceptors (Lipinski definition) is 7. The average Bonchev–Trinajstić information content (AvgIpc) is 3.29. The third-order valence-electron chi connectivity index (χ3n) is 3.17. The van der Waals surface area contributed by atoms with Gasteiger partial charge in [-0.2, -0.15) is 4.68 Å². The van der Waals surface area contributed by atoms with Crippen molar-refractivity contribution in [2.75, 3.05) is 6.61 Å². The molecule has 8 heteroatoms. The van der Waals surface area contributed by atoms with Gasteiger partial charge >= 0.3 is 5.97 Å². The van der Waals surface area contributed by atoms with Crippen LogP contribution < -0.4 is 0 Å². The predicted molar refractivity (Wildman–Crippen MR) is 93.4 cm³/mol. The first-order valence-electron chi connectivity index (χ1n) is 7.41. The smallest absolute Gasteiger partial charge is 0.357 e. The highest BCUT2D eigenvalue weighted by Gasteiger charge is 2.21. The van der Waals surface area contributed by atoms with Gasteiger partial charge in [-0.25, -0.2) is 4.79 Å². The van der Waals surface area contributed by atoms with Crippen LogP contribution in [0.5, 0.6) is 0 Å². The van der Waals surface area contributed by atoms with Crippen molar-refractivity contribution in [1.29, 1.82) is 0 Å². The van der Waals surface area contributed by atoms with Gasteiger partial charge in [0.25, 0.3) is 0 Å². The quantitative estimate of drug-likeness (QED) is 0.499. The Morgan fingerprint density at radius 2 is 2.00 bits per heavy atom. The van der Waals surface area contributed by atoms with Gasteiger partial charge in [-0.3, -0.25) is 4.79 Å². The molecule has 0 fully saturated rings. The lowest BCUT2D eigenvalue weighted by Gasteiger charge is -2.09. The van der Waals surface area contributed by atoms with E-state index in [9.17, 15) is 9.59 Å². The molecular formula is C17H14N4O3S. The van der Waals surface area contributed by atoms with Crippen LogP contribution in [0, 0.1) is 0 Å². The van der Waals surface area contributed by atoms with Crippen molar-refractivity contribution in [3.05, 3.63) is 52.7 Å². The number of ether oxygens (including phenoxy) is 1. The maximum absolute atomic E-state index is 12.5. The number of thiophene rings is 1. The number of nitrogens with zero attached hydrogens (tertiary/aromatic N) is 4. The third kappa shape index (κ3) is 4.04. The second kappa shape index (κ2) is 7.63. The molecule has 0 aliphatic carbocycles. The van der Waals surface area contributed by atoms with Crippen LogP contribution >= 0.6 is 11.3 Å². The molecule has 0 saturated carbocycles. The zero-order valence-electron chi connectivity index (χ0n) is 13.3. The Morgan fingerprint density at radius 3 is 2.68 bits per heavy atom. The molecule has 0 aliphatic rings. The van der Waals surface area contributed by atoms with E-state index < -0.39 is 5.97 Å². The number of esters is 1. The molecule has 0 bridgehead atoms. The van der Waals surface area contributed by atoms with Gasteiger partial charge in [0, 0.05) is 10.4 Å². The fraction of sp³-hybridized carbons (Fsp3) is 0.118. The van der Waals surface area contributed by atoms with Crippen molar-refractivity contribution < 1.29 is 14.3 Å². The molecular weight excluding hydrogens is 340 g/mol. The number of aromatic nitrogens is 4. The molecule has 3 aromatic rings. The lowest BCUT2D eigenvalue weighted by atomic mass is 10.2. The van der Waals surface area contributed by atoms with Crippen molar-refractivity contribution in [3.63, 3.8) is 0 Å². The van der Waals surface area contributed by atoms with Gasteiger partial charge in [0.05, 0.1) is 0 Å². The van der Waals surface area contributed by atoms with Gasteiger partial charge in [0.1, 0.15) is 6.61 Å². The normalized spacial score (nSPS) is 11.3. The monoisotopic (exact) mass is 354 g/mol. The summed E-state index contributed by atoms with van der Waals surface area (Å²) in [6.07, 6.45) is 1.63. The Bertz CT molecular complexity index is 901. The molecule has 0 aliphatic heterocycles. The van der Waals surface area contributed by atoms with E-state index >= 15 is 0 Å². The maximum Gasteiger partial charge on any atom is 0.357 e. The first kappa shape index (κ1) is 16.7. The predicted octanol–water partition coefficient (Wildman–Crippen LogP) is 2.53. The van der Waals surface area contributed by atoms with Crippen molar-refractivity contribution in [2.45, 2.75) is 6.92 Å². The second-order valence-corrected chi connectivity index (χ2v) is 6.08. The van der Waals surface area contributed by atoms with Gasteiger partial charge in [-0.05, 0) is 34.9 Å². The highest BCUT2D eigenvalue weighted by Crippen LogP contribution is 2.22. The van der Waals surface area contributed by atoms with Crippen LogP contribution in [0.3, 0.4) is 0 Å². The number of rotatable bonds is 6. The number of carbonyl (C=O) groups is 2. The Labute approximate surface area is 147 Å². The Hall–Kier alpha value is -3.13. The van der Waals surface area contributed by atoms with E-state index in [4.69, 9.17) is 4.74 Å². The van der Waals surface area contributed by atoms with Gasteiger partial charge in [0.2, 0.25) is 0 Å². The van der Waals surface area contributed by atoms with Gasteiger partial charge in [0.15, 0.2) is 17.3 Å².